The Labute approximate surface area is 97.5 Å². The Morgan fingerprint density at radius 3 is 2.65 bits per heavy atom. The fourth-order valence-electron chi connectivity index (χ4n) is 1.12. The molecule has 0 radical (unpaired) electrons. The van der Waals surface area contributed by atoms with Crippen LogP contribution < -0.4 is 4.74 Å². The van der Waals surface area contributed by atoms with Crippen molar-refractivity contribution >= 4 is 0 Å². The van der Waals surface area contributed by atoms with Crippen LogP contribution in [0.15, 0.2) is 17.5 Å². The van der Waals surface area contributed by atoms with E-state index in [4.69, 9.17) is 10.3 Å². The molecule has 1 aromatic heterocycles. The van der Waals surface area contributed by atoms with Crippen molar-refractivity contribution in [2.45, 2.75) is 19.1 Å². The van der Waals surface area contributed by atoms with Crippen LogP contribution in [0.2, 0.25) is 0 Å². The first-order valence-electron chi connectivity index (χ1n) is 5.00. The second-order valence-electron chi connectivity index (χ2n) is 3.16. The molecule has 0 spiro atoms. The molecule has 0 bridgehead atoms. The van der Waals surface area contributed by atoms with Gasteiger partial charge in [0, 0.05) is 22.9 Å². The highest BCUT2D eigenvalue weighted by Crippen LogP contribution is 2.16. The van der Waals surface area contributed by atoms with Gasteiger partial charge in [0.25, 0.3) is 0 Å². The largest absolute Gasteiger partial charge is 0.464 e. The molecule has 8 heteroatoms. The second kappa shape index (κ2) is 6.64. The highest BCUT2D eigenvalue weighted by atomic mass is 16.5. The van der Waals surface area contributed by atoms with Gasteiger partial charge in [-0.25, -0.2) is 9.97 Å². The summed E-state index contributed by atoms with van der Waals surface area (Å²) in [4.78, 5) is 10.2. The van der Waals surface area contributed by atoms with Gasteiger partial charge in [0.15, 0.2) is 0 Å². The second-order valence-corrected chi connectivity index (χ2v) is 3.16. The van der Waals surface area contributed by atoms with E-state index in [-0.39, 0.29) is 12.6 Å². The quantitative estimate of drug-likeness (QED) is 0.426. The van der Waals surface area contributed by atoms with E-state index in [1.807, 2.05) is 0 Å². The number of rotatable bonds is 6. The van der Waals surface area contributed by atoms with E-state index in [2.05, 4.69) is 20.0 Å². The van der Waals surface area contributed by atoms with Gasteiger partial charge in [0.2, 0.25) is 0 Å². The topological polar surface area (TPSA) is 124 Å². The molecule has 0 fully saturated rings. The molecular weight excluding hydrogens is 226 g/mol. The van der Waals surface area contributed by atoms with E-state index in [0.717, 1.165) is 0 Å². The van der Waals surface area contributed by atoms with E-state index in [1.54, 1.807) is 6.92 Å². The summed E-state index contributed by atoms with van der Waals surface area (Å²) < 4.78 is 5.03. The van der Waals surface area contributed by atoms with Crippen LogP contribution in [0.4, 0.5) is 0 Å². The summed E-state index contributed by atoms with van der Waals surface area (Å²) >= 11 is 0. The lowest BCUT2D eigenvalue weighted by Crippen LogP contribution is -2.21. The molecule has 0 saturated carbocycles. The average molecular weight is 239 g/mol. The molecule has 0 aromatic carbocycles. The Bertz CT molecular complexity index is 390. The molecule has 0 amide bonds. The minimum Gasteiger partial charge on any atom is -0.464 e. The highest BCUT2D eigenvalue weighted by Gasteiger charge is 2.18. The normalized spacial score (nSPS) is 13.6. The van der Waals surface area contributed by atoms with Crippen molar-refractivity contribution in [3.63, 3.8) is 0 Å². The lowest BCUT2D eigenvalue weighted by atomic mass is 10.1. The first-order valence-corrected chi connectivity index (χ1v) is 5.00. The van der Waals surface area contributed by atoms with E-state index >= 15 is 0 Å². The number of aromatic nitrogens is 2. The number of ether oxygens (including phenoxy) is 1. The molecule has 0 aliphatic heterocycles. The molecule has 0 aliphatic rings. The van der Waals surface area contributed by atoms with Crippen molar-refractivity contribution in [2.75, 3.05) is 13.2 Å². The summed E-state index contributed by atoms with van der Waals surface area (Å²) in [6.07, 6.45) is 0.313. The molecule has 2 unspecified atom stereocenters. The highest BCUT2D eigenvalue weighted by molar-refractivity contribution is 5.12. The molecule has 1 rings (SSSR count). The summed E-state index contributed by atoms with van der Waals surface area (Å²) in [5.41, 5.74) is 8.42. The summed E-state index contributed by atoms with van der Waals surface area (Å²) in [5, 5.41) is 22.3. The first-order chi connectivity index (χ1) is 8.19. The maximum Gasteiger partial charge on any atom is 0.316 e. The standard InChI is InChI=1S/C9H13N5O3/c1-2-17-9-11-3-6(4-12-9)8(16)7(15)5-13-14-10/h3-4,7-8,15-16H,2,5H2,1H3. The minimum atomic E-state index is -1.20. The lowest BCUT2D eigenvalue weighted by molar-refractivity contribution is 0.0239. The van der Waals surface area contributed by atoms with Crippen LogP contribution in [-0.2, 0) is 0 Å². The van der Waals surface area contributed by atoms with Gasteiger partial charge in [-0.15, -0.1) is 0 Å². The number of azide groups is 1. The van der Waals surface area contributed by atoms with Crippen LogP contribution in [0.3, 0.4) is 0 Å². The van der Waals surface area contributed by atoms with Crippen molar-refractivity contribution in [3.8, 4) is 6.01 Å². The zero-order valence-corrected chi connectivity index (χ0v) is 9.26. The SMILES string of the molecule is CCOc1ncc(C(O)C(O)CN=[N+]=[N-])cn1. The summed E-state index contributed by atoms with van der Waals surface area (Å²) in [6.45, 7) is 2.03. The van der Waals surface area contributed by atoms with Crippen LogP contribution >= 0.6 is 0 Å². The van der Waals surface area contributed by atoms with Gasteiger partial charge >= 0.3 is 6.01 Å². The predicted octanol–water partition coefficient (Wildman–Crippen LogP) is 0.580. The Kier molecular flexibility index (Phi) is 5.15. The van der Waals surface area contributed by atoms with Crippen molar-refractivity contribution in [1.82, 2.24) is 9.97 Å². The van der Waals surface area contributed by atoms with Gasteiger partial charge in [-0.2, -0.15) is 0 Å². The molecular formula is C9H13N5O3. The third kappa shape index (κ3) is 3.87. The first kappa shape index (κ1) is 13.2. The zero-order valence-electron chi connectivity index (χ0n) is 9.26. The molecule has 2 N–H and O–H groups in total. The number of nitrogens with zero attached hydrogens (tertiary/aromatic N) is 5. The van der Waals surface area contributed by atoms with E-state index in [1.165, 1.54) is 12.4 Å². The number of aliphatic hydroxyl groups is 2. The Hall–Kier alpha value is -1.89. The predicted molar refractivity (Wildman–Crippen MR) is 58.2 cm³/mol. The number of aliphatic hydroxyl groups excluding tert-OH is 2. The van der Waals surface area contributed by atoms with E-state index in [9.17, 15) is 10.2 Å². The maximum absolute atomic E-state index is 9.68. The van der Waals surface area contributed by atoms with Crippen LogP contribution in [-0.4, -0.2) is 39.4 Å². The number of hydrogen-bond acceptors (Lipinski definition) is 6. The summed E-state index contributed by atoms with van der Waals surface area (Å²) in [6, 6.07) is 0.202. The maximum atomic E-state index is 9.68. The van der Waals surface area contributed by atoms with Crippen molar-refractivity contribution in [1.29, 1.82) is 0 Å². The number of hydrogen-bond donors (Lipinski definition) is 2. The molecule has 17 heavy (non-hydrogen) atoms. The summed E-state index contributed by atoms with van der Waals surface area (Å²) in [7, 11) is 0. The minimum absolute atomic E-state index is 0.202. The molecule has 1 heterocycles. The molecule has 0 aliphatic carbocycles. The lowest BCUT2D eigenvalue weighted by Gasteiger charge is -2.15. The fourth-order valence-corrected chi connectivity index (χ4v) is 1.12. The van der Waals surface area contributed by atoms with Gasteiger partial charge in [-0.3, -0.25) is 0 Å². The van der Waals surface area contributed by atoms with Gasteiger partial charge in [0.1, 0.15) is 6.10 Å². The van der Waals surface area contributed by atoms with E-state index < -0.39 is 12.2 Å². The third-order valence-electron chi connectivity index (χ3n) is 1.96. The van der Waals surface area contributed by atoms with Gasteiger partial charge in [0.05, 0.1) is 19.3 Å². The molecule has 0 saturated heterocycles. The zero-order chi connectivity index (χ0) is 12.7. The van der Waals surface area contributed by atoms with Crippen molar-refractivity contribution in [2.24, 2.45) is 5.11 Å². The fraction of sp³-hybridized carbons (Fsp3) is 0.556. The monoisotopic (exact) mass is 239 g/mol. The molecule has 1 aromatic rings. The smallest absolute Gasteiger partial charge is 0.316 e. The molecule has 8 nitrogen and oxygen atoms in total. The Morgan fingerprint density at radius 2 is 2.12 bits per heavy atom. The average Bonchev–Trinajstić information content (AvgIpc) is 2.36. The van der Waals surface area contributed by atoms with Crippen LogP contribution in [0.5, 0.6) is 6.01 Å². The molecule has 2 atom stereocenters. The van der Waals surface area contributed by atoms with Gasteiger partial charge in [-0.05, 0) is 12.5 Å². The van der Waals surface area contributed by atoms with Gasteiger partial charge < -0.3 is 14.9 Å². The van der Waals surface area contributed by atoms with Crippen LogP contribution in [0, 0.1) is 0 Å². The van der Waals surface area contributed by atoms with Crippen LogP contribution in [0.25, 0.3) is 10.4 Å². The van der Waals surface area contributed by atoms with Crippen LogP contribution in [0.1, 0.15) is 18.6 Å². The summed E-state index contributed by atoms with van der Waals surface area (Å²) in [5.74, 6) is 0. The van der Waals surface area contributed by atoms with Crippen molar-refractivity contribution in [3.05, 3.63) is 28.4 Å². The molecule has 92 valence electrons. The van der Waals surface area contributed by atoms with Gasteiger partial charge in [-0.1, -0.05) is 5.11 Å². The Balaban J connectivity index is 2.68. The Morgan fingerprint density at radius 1 is 1.47 bits per heavy atom. The van der Waals surface area contributed by atoms with Crippen molar-refractivity contribution < 1.29 is 14.9 Å². The third-order valence-corrected chi connectivity index (χ3v) is 1.96. The van der Waals surface area contributed by atoms with E-state index in [0.29, 0.717) is 12.2 Å².